The minimum absolute atomic E-state index is 0. The van der Waals surface area contributed by atoms with Crippen LogP contribution in [0.1, 0.15) is 5.56 Å². The van der Waals surface area contributed by atoms with Crippen molar-refractivity contribution in [3.63, 3.8) is 0 Å². The summed E-state index contributed by atoms with van der Waals surface area (Å²) in [4.78, 5) is 0. The van der Waals surface area contributed by atoms with Gasteiger partial charge < -0.3 is 30.5 Å². The molecule has 176 valence electrons. The number of rotatable bonds is 11. The lowest BCUT2D eigenvalue weighted by atomic mass is 10.1. The molecule has 0 aliphatic heterocycles. The van der Waals surface area contributed by atoms with Crippen LogP contribution in [0.5, 0.6) is 11.5 Å². The van der Waals surface area contributed by atoms with E-state index in [1.165, 1.54) is 5.56 Å². The third kappa shape index (κ3) is 9.67. The molecule has 0 fully saturated rings. The van der Waals surface area contributed by atoms with Gasteiger partial charge in [0.05, 0.1) is 7.11 Å². The summed E-state index contributed by atoms with van der Waals surface area (Å²) < 4.78 is 10.8. The largest absolute Gasteiger partial charge is 0.497 e. The number of thiocarbonyl (C=S) groups is 1. The SMILES string of the molecule is COc1cccc(NC(=S)Nc2ccc(CCNC[C@H](O)COc3ccccc3)cc2)c1.Cl. The first-order valence-electron chi connectivity index (χ1n) is 10.5. The number of anilines is 2. The van der Waals surface area contributed by atoms with Gasteiger partial charge in [0.25, 0.3) is 0 Å². The van der Waals surface area contributed by atoms with Crippen LogP contribution in [0, 0.1) is 0 Å². The highest BCUT2D eigenvalue weighted by Gasteiger charge is 2.05. The molecule has 0 amide bonds. The van der Waals surface area contributed by atoms with Crippen molar-refractivity contribution in [3.8, 4) is 11.5 Å². The summed E-state index contributed by atoms with van der Waals surface area (Å²) in [5, 5.41) is 20.2. The fourth-order valence-electron chi connectivity index (χ4n) is 3.02. The van der Waals surface area contributed by atoms with Crippen molar-refractivity contribution in [3.05, 3.63) is 84.4 Å². The fraction of sp³-hybridized carbons (Fsp3) is 0.240. The molecule has 0 aliphatic carbocycles. The Kier molecular flexibility index (Phi) is 11.5. The highest BCUT2D eigenvalue weighted by Crippen LogP contribution is 2.17. The van der Waals surface area contributed by atoms with E-state index in [0.717, 1.165) is 35.8 Å². The van der Waals surface area contributed by atoms with E-state index in [-0.39, 0.29) is 19.0 Å². The van der Waals surface area contributed by atoms with Crippen LogP contribution in [0.25, 0.3) is 0 Å². The van der Waals surface area contributed by atoms with E-state index in [9.17, 15) is 5.11 Å². The molecule has 0 saturated heterocycles. The summed E-state index contributed by atoms with van der Waals surface area (Å²) in [6, 6.07) is 25.2. The Labute approximate surface area is 206 Å². The van der Waals surface area contributed by atoms with Crippen molar-refractivity contribution in [1.29, 1.82) is 0 Å². The quantitative estimate of drug-likeness (QED) is 0.234. The zero-order chi connectivity index (χ0) is 22.6. The molecule has 0 heterocycles. The Bertz CT molecular complexity index is 974. The molecule has 3 rings (SSSR count). The van der Waals surface area contributed by atoms with E-state index < -0.39 is 6.10 Å². The van der Waals surface area contributed by atoms with Gasteiger partial charge in [-0.15, -0.1) is 12.4 Å². The molecule has 0 saturated carbocycles. The van der Waals surface area contributed by atoms with Crippen LogP contribution in [0.4, 0.5) is 11.4 Å². The molecule has 0 spiro atoms. The molecule has 3 aromatic carbocycles. The number of nitrogens with one attached hydrogen (secondary N) is 3. The highest BCUT2D eigenvalue weighted by atomic mass is 35.5. The normalized spacial score (nSPS) is 11.1. The van der Waals surface area contributed by atoms with Crippen molar-refractivity contribution in [2.75, 3.05) is 37.4 Å². The van der Waals surface area contributed by atoms with Gasteiger partial charge >= 0.3 is 0 Å². The molecule has 1 atom stereocenters. The zero-order valence-electron chi connectivity index (χ0n) is 18.5. The minimum Gasteiger partial charge on any atom is -0.497 e. The average molecular weight is 488 g/mol. The number of para-hydroxylation sites is 1. The highest BCUT2D eigenvalue weighted by molar-refractivity contribution is 7.80. The topological polar surface area (TPSA) is 74.8 Å². The minimum atomic E-state index is -0.556. The van der Waals surface area contributed by atoms with E-state index in [1.807, 2.05) is 66.7 Å². The lowest BCUT2D eigenvalue weighted by Gasteiger charge is -2.14. The lowest BCUT2D eigenvalue weighted by Crippen LogP contribution is -2.32. The monoisotopic (exact) mass is 487 g/mol. The van der Waals surface area contributed by atoms with Crippen LogP contribution in [0.3, 0.4) is 0 Å². The zero-order valence-corrected chi connectivity index (χ0v) is 20.1. The smallest absolute Gasteiger partial charge is 0.175 e. The first kappa shape index (κ1) is 26.4. The van der Waals surface area contributed by atoms with Crippen molar-refractivity contribution < 1.29 is 14.6 Å². The molecule has 0 aromatic heterocycles. The number of benzene rings is 3. The summed E-state index contributed by atoms with van der Waals surface area (Å²) in [7, 11) is 1.63. The Morgan fingerprint density at radius 2 is 1.61 bits per heavy atom. The molecule has 8 heteroatoms. The van der Waals surface area contributed by atoms with Crippen molar-refractivity contribution in [2.45, 2.75) is 12.5 Å². The maximum atomic E-state index is 10.0. The second-order valence-electron chi connectivity index (χ2n) is 7.24. The van der Waals surface area contributed by atoms with Gasteiger partial charge in [-0.3, -0.25) is 0 Å². The van der Waals surface area contributed by atoms with Gasteiger partial charge in [0.2, 0.25) is 0 Å². The van der Waals surface area contributed by atoms with Crippen LogP contribution >= 0.6 is 24.6 Å². The predicted molar refractivity (Wildman–Crippen MR) is 141 cm³/mol. The predicted octanol–water partition coefficient (Wildman–Crippen LogP) is 4.50. The van der Waals surface area contributed by atoms with Crippen molar-refractivity contribution in [2.24, 2.45) is 0 Å². The third-order valence-corrected chi connectivity index (χ3v) is 4.90. The third-order valence-electron chi connectivity index (χ3n) is 4.70. The van der Waals surface area contributed by atoms with Crippen LogP contribution in [0.2, 0.25) is 0 Å². The molecule has 33 heavy (non-hydrogen) atoms. The van der Waals surface area contributed by atoms with Gasteiger partial charge in [0, 0.05) is 24.0 Å². The van der Waals surface area contributed by atoms with Crippen LogP contribution in [-0.4, -0.2) is 43.1 Å². The van der Waals surface area contributed by atoms with Crippen LogP contribution in [-0.2, 0) is 6.42 Å². The van der Waals surface area contributed by atoms with Gasteiger partial charge in [-0.25, -0.2) is 0 Å². The number of halogens is 1. The summed E-state index contributed by atoms with van der Waals surface area (Å²) >= 11 is 5.39. The number of aliphatic hydroxyl groups is 1. The second kappa shape index (κ2) is 14.3. The average Bonchev–Trinajstić information content (AvgIpc) is 2.82. The van der Waals surface area contributed by atoms with E-state index in [1.54, 1.807) is 7.11 Å². The second-order valence-corrected chi connectivity index (χ2v) is 7.65. The summed E-state index contributed by atoms with van der Waals surface area (Å²) in [6.45, 7) is 1.52. The van der Waals surface area contributed by atoms with E-state index in [2.05, 4.69) is 28.1 Å². The standard InChI is InChI=1S/C25H29N3O3S.ClH/c1-30-24-9-5-6-21(16-24)28-25(32)27-20-12-10-19(11-13-20)14-15-26-17-22(29)18-31-23-7-3-2-4-8-23;/h2-13,16,22,26,29H,14-15,17-18H2,1H3,(H2,27,28,32);1H/t22-;/m0./s1. The van der Waals surface area contributed by atoms with Gasteiger partial charge in [0.15, 0.2) is 5.11 Å². The number of hydrogen-bond donors (Lipinski definition) is 4. The molecule has 0 bridgehead atoms. The molecular weight excluding hydrogens is 458 g/mol. The molecule has 0 unspecified atom stereocenters. The molecule has 4 N–H and O–H groups in total. The maximum absolute atomic E-state index is 10.0. The molecular formula is C25H30ClN3O3S. The fourth-order valence-corrected chi connectivity index (χ4v) is 3.25. The van der Waals surface area contributed by atoms with E-state index in [4.69, 9.17) is 21.7 Å². The number of hydrogen-bond acceptors (Lipinski definition) is 5. The summed E-state index contributed by atoms with van der Waals surface area (Å²) in [5.41, 5.74) is 2.97. The number of ether oxygens (including phenoxy) is 2. The molecule has 0 radical (unpaired) electrons. The Balaban J connectivity index is 0.00000385. The first-order valence-corrected chi connectivity index (χ1v) is 10.9. The molecule has 6 nitrogen and oxygen atoms in total. The van der Waals surface area contributed by atoms with Gasteiger partial charge in [-0.2, -0.15) is 0 Å². The number of aliphatic hydroxyl groups excluding tert-OH is 1. The summed E-state index contributed by atoms with van der Waals surface area (Å²) in [5.74, 6) is 1.53. The Hall–Kier alpha value is -2.84. The van der Waals surface area contributed by atoms with Crippen LogP contribution in [0.15, 0.2) is 78.9 Å². The van der Waals surface area contributed by atoms with Crippen molar-refractivity contribution >= 4 is 41.1 Å². The Morgan fingerprint density at radius 3 is 2.33 bits per heavy atom. The maximum Gasteiger partial charge on any atom is 0.175 e. The lowest BCUT2D eigenvalue weighted by molar-refractivity contribution is 0.106. The van der Waals surface area contributed by atoms with Crippen molar-refractivity contribution in [1.82, 2.24) is 5.32 Å². The summed E-state index contributed by atoms with van der Waals surface area (Å²) in [6.07, 6.45) is 0.304. The Morgan fingerprint density at radius 1 is 0.909 bits per heavy atom. The first-order chi connectivity index (χ1) is 15.6. The van der Waals surface area contributed by atoms with E-state index in [0.29, 0.717) is 11.7 Å². The molecule has 3 aromatic rings. The molecule has 0 aliphatic rings. The van der Waals surface area contributed by atoms with Crippen LogP contribution < -0.4 is 25.4 Å². The van der Waals surface area contributed by atoms with Gasteiger partial charge in [0.1, 0.15) is 24.2 Å². The number of methoxy groups -OCH3 is 1. The van der Waals surface area contributed by atoms with Gasteiger partial charge in [-0.1, -0.05) is 36.4 Å². The van der Waals surface area contributed by atoms with Gasteiger partial charge in [-0.05, 0) is 67.1 Å². The van der Waals surface area contributed by atoms with E-state index >= 15 is 0 Å².